The summed E-state index contributed by atoms with van der Waals surface area (Å²) in [5, 5.41) is 5.61. The van der Waals surface area contributed by atoms with Crippen LogP contribution in [0.3, 0.4) is 0 Å². The van der Waals surface area contributed by atoms with Gasteiger partial charge < -0.3 is 5.32 Å². The number of hydrogen-bond donors (Lipinski definition) is 1. The second-order valence-electron chi connectivity index (χ2n) is 4.72. The Morgan fingerprint density at radius 2 is 1.91 bits per heavy atom. The molecular formula is C17H13ClN2OS. The molecule has 3 nitrogen and oxygen atoms in total. The fourth-order valence-electron chi connectivity index (χ4n) is 2.17. The molecule has 1 amide bonds. The molecule has 0 aliphatic rings. The highest BCUT2D eigenvalue weighted by Crippen LogP contribution is 2.24. The van der Waals surface area contributed by atoms with Gasteiger partial charge in [-0.1, -0.05) is 35.9 Å². The highest BCUT2D eigenvalue weighted by atomic mass is 35.5. The summed E-state index contributed by atoms with van der Waals surface area (Å²) >= 11 is 7.37. The molecule has 1 N–H and O–H groups in total. The van der Waals surface area contributed by atoms with Crippen molar-refractivity contribution in [1.29, 1.82) is 0 Å². The first-order chi connectivity index (χ1) is 10.7. The van der Waals surface area contributed by atoms with E-state index in [4.69, 9.17) is 11.6 Å². The highest BCUT2D eigenvalue weighted by molar-refractivity contribution is 7.12. The van der Waals surface area contributed by atoms with Gasteiger partial charge in [0.05, 0.1) is 10.9 Å². The topological polar surface area (TPSA) is 42.0 Å². The van der Waals surface area contributed by atoms with Crippen LogP contribution in [0.4, 0.5) is 0 Å². The van der Waals surface area contributed by atoms with Crippen molar-refractivity contribution in [3.05, 3.63) is 87.3 Å². The molecule has 1 atom stereocenters. The average molecular weight is 329 g/mol. The van der Waals surface area contributed by atoms with E-state index in [1.165, 1.54) is 11.3 Å². The van der Waals surface area contributed by atoms with Crippen LogP contribution in [-0.2, 0) is 0 Å². The van der Waals surface area contributed by atoms with Gasteiger partial charge in [0.25, 0.3) is 5.91 Å². The van der Waals surface area contributed by atoms with Crippen molar-refractivity contribution in [3.63, 3.8) is 0 Å². The van der Waals surface area contributed by atoms with E-state index in [0.29, 0.717) is 9.90 Å². The van der Waals surface area contributed by atoms with E-state index in [2.05, 4.69) is 10.3 Å². The first-order valence-electron chi connectivity index (χ1n) is 6.74. The Hall–Kier alpha value is -2.17. The number of nitrogens with one attached hydrogen (secondary N) is 1. The lowest BCUT2D eigenvalue weighted by Gasteiger charge is -2.19. The number of nitrogens with zero attached hydrogens (tertiary/aromatic N) is 1. The van der Waals surface area contributed by atoms with Gasteiger partial charge in [0.2, 0.25) is 0 Å². The zero-order valence-electron chi connectivity index (χ0n) is 11.6. The van der Waals surface area contributed by atoms with Crippen LogP contribution in [-0.4, -0.2) is 10.9 Å². The Morgan fingerprint density at radius 1 is 1.09 bits per heavy atom. The SMILES string of the molecule is O=C(NC(c1ccc(Cl)cc1)c1cccnc1)c1cccs1. The van der Waals surface area contributed by atoms with Gasteiger partial charge in [0.1, 0.15) is 0 Å². The molecule has 0 fully saturated rings. The van der Waals surface area contributed by atoms with Crippen LogP contribution in [0.1, 0.15) is 26.8 Å². The van der Waals surface area contributed by atoms with E-state index in [1.54, 1.807) is 12.4 Å². The summed E-state index contributed by atoms with van der Waals surface area (Å²) < 4.78 is 0. The van der Waals surface area contributed by atoms with Crippen molar-refractivity contribution in [3.8, 4) is 0 Å². The Bertz CT molecular complexity index is 742. The molecule has 0 aliphatic heterocycles. The van der Waals surface area contributed by atoms with Crippen LogP contribution in [0.5, 0.6) is 0 Å². The predicted molar refractivity (Wildman–Crippen MR) is 89.3 cm³/mol. The number of aromatic nitrogens is 1. The van der Waals surface area contributed by atoms with Gasteiger partial charge in [-0.05, 0) is 40.8 Å². The summed E-state index contributed by atoms with van der Waals surface area (Å²) in [6, 6.07) is 14.7. The van der Waals surface area contributed by atoms with Gasteiger partial charge in [-0.2, -0.15) is 0 Å². The highest BCUT2D eigenvalue weighted by Gasteiger charge is 2.18. The number of carbonyl (C=O) groups excluding carboxylic acids is 1. The number of rotatable bonds is 4. The largest absolute Gasteiger partial charge is 0.340 e. The lowest BCUT2D eigenvalue weighted by Crippen LogP contribution is -2.28. The van der Waals surface area contributed by atoms with E-state index >= 15 is 0 Å². The van der Waals surface area contributed by atoms with Gasteiger partial charge in [-0.15, -0.1) is 11.3 Å². The third-order valence-corrected chi connectivity index (χ3v) is 4.36. The second-order valence-corrected chi connectivity index (χ2v) is 6.11. The van der Waals surface area contributed by atoms with Gasteiger partial charge in [0.15, 0.2) is 0 Å². The van der Waals surface area contributed by atoms with E-state index in [-0.39, 0.29) is 11.9 Å². The fraction of sp³-hybridized carbons (Fsp3) is 0.0588. The lowest BCUT2D eigenvalue weighted by molar-refractivity contribution is 0.0947. The maximum absolute atomic E-state index is 12.4. The molecule has 110 valence electrons. The first-order valence-corrected chi connectivity index (χ1v) is 7.99. The van der Waals surface area contributed by atoms with Crippen molar-refractivity contribution in [1.82, 2.24) is 10.3 Å². The minimum absolute atomic E-state index is 0.0983. The van der Waals surface area contributed by atoms with Gasteiger partial charge in [-0.3, -0.25) is 9.78 Å². The number of amides is 1. The molecule has 2 aromatic heterocycles. The number of pyridine rings is 1. The fourth-order valence-corrected chi connectivity index (χ4v) is 2.92. The Morgan fingerprint density at radius 3 is 2.55 bits per heavy atom. The number of thiophene rings is 1. The maximum Gasteiger partial charge on any atom is 0.262 e. The third-order valence-electron chi connectivity index (χ3n) is 3.24. The Kier molecular flexibility index (Phi) is 4.51. The van der Waals surface area contributed by atoms with Crippen LogP contribution in [0.2, 0.25) is 5.02 Å². The van der Waals surface area contributed by atoms with Crippen molar-refractivity contribution >= 4 is 28.8 Å². The first kappa shape index (κ1) is 14.8. The molecule has 0 radical (unpaired) electrons. The van der Waals surface area contributed by atoms with Crippen LogP contribution in [0.25, 0.3) is 0 Å². The number of carbonyl (C=O) groups is 1. The number of hydrogen-bond acceptors (Lipinski definition) is 3. The predicted octanol–water partition coefficient (Wildman–Crippen LogP) is 4.32. The van der Waals surface area contributed by atoms with E-state index < -0.39 is 0 Å². The Labute approximate surface area is 137 Å². The zero-order chi connectivity index (χ0) is 15.4. The van der Waals surface area contributed by atoms with Gasteiger partial charge in [-0.25, -0.2) is 0 Å². The van der Waals surface area contributed by atoms with E-state index in [0.717, 1.165) is 11.1 Å². The molecule has 0 saturated heterocycles. The van der Waals surface area contributed by atoms with Crippen molar-refractivity contribution < 1.29 is 4.79 Å². The third kappa shape index (κ3) is 3.35. The summed E-state index contributed by atoms with van der Waals surface area (Å²) in [7, 11) is 0. The van der Waals surface area contributed by atoms with Gasteiger partial charge in [0, 0.05) is 17.4 Å². The zero-order valence-corrected chi connectivity index (χ0v) is 13.1. The molecule has 1 unspecified atom stereocenters. The van der Waals surface area contributed by atoms with Crippen LogP contribution in [0, 0.1) is 0 Å². The normalized spacial score (nSPS) is 11.9. The molecule has 0 bridgehead atoms. The monoisotopic (exact) mass is 328 g/mol. The molecule has 1 aromatic carbocycles. The molecule has 2 heterocycles. The maximum atomic E-state index is 12.4. The standard InChI is InChI=1S/C17H13ClN2OS/c18-14-7-5-12(6-8-14)16(13-3-1-9-19-11-13)20-17(21)15-4-2-10-22-15/h1-11,16H,(H,20,21). The molecule has 3 rings (SSSR count). The Balaban J connectivity index is 1.93. The average Bonchev–Trinajstić information content (AvgIpc) is 3.09. The van der Waals surface area contributed by atoms with Crippen molar-refractivity contribution in [2.45, 2.75) is 6.04 Å². The quantitative estimate of drug-likeness (QED) is 0.775. The summed E-state index contributed by atoms with van der Waals surface area (Å²) in [5.74, 6) is -0.0983. The molecular weight excluding hydrogens is 316 g/mol. The smallest absolute Gasteiger partial charge is 0.262 e. The van der Waals surface area contributed by atoms with E-state index in [9.17, 15) is 4.79 Å². The minimum atomic E-state index is -0.263. The number of benzene rings is 1. The minimum Gasteiger partial charge on any atom is -0.340 e. The number of halogens is 1. The van der Waals surface area contributed by atoms with Crippen LogP contribution < -0.4 is 5.32 Å². The van der Waals surface area contributed by atoms with Crippen LogP contribution >= 0.6 is 22.9 Å². The van der Waals surface area contributed by atoms with Gasteiger partial charge >= 0.3 is 0 Å². The summed E-state index contributed by atoms with van der Waals surface area (Å²) in [4.78, 5) is 17.2. The molecule has 0 spiro atoms. The summed E-state index contributed by atoms with van der Waals surface area (Å²) in [5.41, 5.74) is 1.89. The summed E-state index contributed by atoms with van der Waals surface area (Å²) in [6.07, 6.45) is 3.47. The molecule has 0 saturated carbocycles. The lowest BCUT2D eigenvalue weighted by atomic mass is 10.00. The van der Waals surface area contributed by atoms with Crippen LogP contribution in [0.15, 0.2) is 66.3 Å². The molecule has 3 aromatic rings. The molecule has 5 heteroatoms. The van der Waals surface area contributed by atoms with Crippen molar-refractivity contribution in [2.24, 2.45) is 0 Å². The van der Waals surface area contributed by atoms with E-state index in [1.807, 2.05) is 53.9 Å². The van der Waals surface area contributed by atoms with Crippen molar-refractivity contribution in [2.75, 3.05) is 0 Å². The second kappa shape index (κ2) is 6.73. The molecule has 22 heavy (non-hydrogen) atoms. The summed E-state index contributed by atoms with van der Waals surface area (Å²) in [6.45, 7) is 0. The molecule has 0 aliphatic carbocycles.